The third kappa shape index (κ3) is 4.74. The van der Waals surface area contributed by atoms with Gasteiger partial charge < -0.3 is 15.1 Å². The largest absolute Gasteiger partial charge is 0.368 e. The van der Waals surface area contributed by atoms with Gasteiger partial charge in [-0.15, -0.1) is 0 Å². The van der Waals surface area contributed by atoms with Crippen molar-refractivity contribution in [3.05, 3.63) is 65.2 Å². The molecule has 1 aliphatic heterocycles. The second-order valence-electron chi connectivity index (χ2n) is 6.36. The highest BCUT2D eigenvalue weighted by atomic mass is 35.5. The molecule has 0 saturated carbocycles. The van der Waals surface area contributed by atoms with Crippen molar-refractivity contribution in [2.75, 3.05) is 37.6 Å². The molecule has 3 rings (SSSR count). The van der Waals surface area contributed by atoms with Gasteiger partial charge in [0, 0.05) is 42.9 Å². The van der Waals surface area contributed by atoms with E-state index in [1.807, 2.05) is 41.3 Å². The molecule has 2 aromatic carbocycles. The number of carbonyl (C=O) groups is 1. The SMILES string of the molecule is CC(NCC(=O)N1CCN(c2cccc(Cl)c2)CC1)c1ccccc1. The minimum atomic E-state index is 0.161. The van der Waals surface area contributed by atoms with Crippen LogP contribution in [0.5, 0.6) is 0 Å². The maximum absolute atomic E-state index is 12.5. The third-order valence-corrected chi connectivity index (χ3v) is 4.90. The Bertz CT molecular complexity index is 699. The Morgan fingerprint density at radius 1 is 1.08 bits per heavy atom. The summed E-state index contributed by atoms with van der Waals surface area (Å²) in [5, 5.41) is 4.07. The zero-order valence-corrected chi connectivity index (χ0v) is 15.2. The summed E-state index contributed by atoms with van der Waals surface area (Å²) in [7, 11) is 0. The average Bonchev–Trinajstić information content (AvgIpc) is 2.66. The summed E-state index contributed by atoms with van der Waals surface area (Å²) in [4.78, 5) is 16.7. The predicted octanol–water partition coefficient (Wildman–Crippen LogP) is 3.34. The molecule has 25 heavy (non-hydrogen) atoms. The van der Waals surface area contributed by atoms with Crippen molar-refractivity contribution in [3.8, 4) is 0 Å². The number of carbonyl (C=O) groups excluding carboxylic acids is 1. The fourth-order valence-electron chi connectivity index (χ4n) is 3.10. The number of rotatable bonds is 5. The Morgan fingerprint density at radius 3 is 2.48 bits per heavy atom. The fraction of sp³-hybridized carbons (Fsp3) is 0.350. The molecule has 0 aromatic heterocycles. The molecule has 1 N–H and O–H groups in total. The monoisotopic (exact) mass is 357 g/mol. The average molecular weight is 358 g/mol. The van der Waals surface area contributed by atoms with Gasteiger partial charge in [0.1, 0.15) is 0 Å². The number of hydrogen-bond acceptors (Lipinski definition) is 3. The van der Waals surface area contributed by atoms with E-state index in [1.165, 1.54) is 5.56 Å². The van der Waals surface area contributed by atoms with Crippen LogP contribution in [0.25, 0.3) is 0 Å². The van der Waals surface area contributed by atoms with Crippen LogP contribution < -0.4 is 10.2 Å². The molecule has 1 atom stereocenters. The molecule has 1 saturated heterocycles. The summed E-state index contributed by atoms with van der Waals surface area (Å²) in [6, 6.07) is 18.2. The lowest BCUT2D eigenvalue weighted by atomic mass is 10.1. The molecule has 1 fully saturated rings. The van der Waals surface area contributed by atoms with Gasteiger partial charge in [-0.3, -0.25) is 4.79 Å². The standard InChI is InChI=1S/C20H24ClN3O/c1-16(17-6-3-2-4-7-17)22-15-20(25)24-12-10-23(11-13-24)19-9-5-8-18(21)14-19/h2-9,14,16,22H,10-13,15H2,1H3. The van der Waals surface area contributed by atoms with Gasteiger partial charge >= 0.3 is 0 Å². The quantitative estimate of drug-likeness (QED) is 0.891. The van der Waals surface area contributed by atoms with Gasteiger partial charge in [0.05, 0.1) is 6.54 Å². The van der Waals surface area contributed by atoms with Gasteiger partial charge in [-0.05, 0) is 30.7 Å². The summed E-state index contributed by atoms with van der Waals surface area (Å²) in [5.41, 5.74) is 2.32. The zero-order chi connectivity index (χ0) is 17.6. The summed E-state index contributed by atoms with van der Waals surface area (Å²) in [6.45, 7) is 5.60. The number of piperazine rings is 1. The first kappa shape index (κ1) is 17.8. The van der Waals surface area contributed by atoms with E-state index in [0.717, 1.165) is 36.9 Å². The summed E-state index contributed by atoms with van der Waals surface area (Å²) >= 11 is 6.07. The van der Waals surface area contributed by atoms with Crippen molar-refractivity contribution in [1.29, 1.82) is 0 Å². The Kier molecular flexibility index (Phi) is 5.95. The van der Waals surface area contributed by atoms with E-state index in [4.69, 9.17) is 11.6 Å². The van der Waals surface area contributed by atoms with Crippen LogP contribution in [0.3, 0.4) is 0 Å². The van der Waals surface area contributed by atoms with Crippen molar-refractivity contribution in [2.24, 2.45) is 0 Å². The van der Waals surface area contributed by atoms with Gasteiger partial charge in [-0.25, -0.2) is 0 Å². The number of benzene rings is 2. The molecule has 0 spiro atoms. The molecule has 1 heterocycles. The Balaban J connectivity index is 1.47. The number of nitrogens with one attached hydrogen (secondary N) is 1. The summed E-state index contributed by atoms with van der Waals surface area (Å²) < 4.78 is 0. The van der Waals surface area contributed by atoms with Gasteiger partial charge in [0.15, 0.2) is 0 Å². The molecule has 0 radical (unpaired) electrons. The summed E-state index contributed by atoms with van der Waals surface area (Å²) in [5.74, 6) is 0.161. The maximum Gasteiger partial charge on any atom is 0.236 e. The lowest BCUT2D eigenvalue weighted by molar-refractivity contribution is -0.130. The van der Waals surface area contributed by atoms with E-state index in [2.05, 4.69) is 35.3 Å². The molecular formula is C20H24ClN3O. The Morgan fingerprint density at radius 2 is 1.80 bits per heavy atom. The van der Waals surface area contributed by atoms with Gasteiger partial charge in [-0.2, -0.15) is 0 Å². The van der Waals surface area contributed by atoms with Crippen LogP contribution in [0.4, 0.5) is 5.69 Å². The smallest absolute Gasteiger partial charge is 0.236 e. The first-order chi connectivity index (χ1) is 12.1. The molecule has 1 aliphatic rings. The first-order valence-corrected chi connectivity index (χ1v) is 9.08. The van der Waals surface area contributed by atoms with Crippen LogP contribution in [0.15, 0.2) is 54.6 Å². The molecule has 0 aliphatic carbocycles. The normalized spacial score (nSPS) is 15.9. The number of anilines is 1. The van der Waals surface area contributed by atoms with Crippen LogP contribution in [0.1, 0.15) is 18.5 Å². The second-order valence-corrected chi connectivity index (χ2v) is 6.80. The van der Waals surface area contributed by atoms with Crippen molar-refractivity contribution >= 4 is 23.2 Å². The zero-order valence-electron chi connectivity index (χ0n) is 14.5. The van der Waals surface area contributed by atoms with Gasteiger partial charge in [0.25, 0.3) is 0 Å². The highest BCUT2D eigenvalue weighted by Gasteiger charge is 2.21. The summed E-state index contributed by atoms with van der Waals surface area (Å²) in [6.07, 6.45) is 0. The molecule has 1 amide bonds. The third-order valence-electron chi connectivity index (χ3n) is 4.66. The van der Waals surface area contributed by atoms with E-state index < -0.39 is 0 Å². The minimum absolute atomic E-state index is 0.161. The van der Waals surface area contributed by atoms with E-state index in [-0.39, 0.29) is 11.9 Å². The van der Waals surface area contributed by atoms with Gasteiger partial charge in [0.2, 0.25) is 5.91 Å². The number of hydrogen-bond donors (Lipinski definition) is 1. The van der Waals surface area contributed by atoms with Crippen molar-refractivity contribution < 1.29 is 4.79 Å². The fourth-order valence-corrected chi connectivity index (χ4v) is 3.28. The molecule has 5 heteroatoms. The van der Waals surface area contributed by atoms with Crippen molar-refractivity contribution in [2.45, 2.75) is 13.0 Å². The Labute approximate surface area is 154 Å². The maximum atomic E-state index is 12.5. The van der Waals surface area contributed by atoms with Crippen LogP contribution in [0.2, 0.25) is 5.02 Å². The predicted molar refractivity (Wildman–Crippen MR) is 103 cm³/mol. The van der Waals surface area contributed by atoms with Crippen molar-refractivity contribution in [1.82, 2.24) is 10.2 Å². The van der Waals surface area contributed by atoms with E-state index in [9.17, 15) is 4.79 Å². The van der Waals surface area contributed by atoms with Crippen LogP contribution in [-0.4, -0.2) is 43.5 Å². The first-order valence-electron chi connectivity index (χ1n) is 8.70. The highest BCUT2D eigenvalue weighted by Crippen LogP contribution is 2.20. The minimum Gasteiger partial charge on any atom is -0.368 e. The van der Waals surface area contributed by atoms with Crippen LogP contribution in [0, 0.1) is 0 Å². The molecule has 2 aromatic rings. The number of nitrogens with zero attached hydrogens (tertiary/aromatic N) is 2. The van der Waals surface area contributed by atoms with Crippen LogP contribution in [-0.2, 0) is 4.79 Å². The van der Waals surface area contributed by atoms with Gasteiger partial charge in [-0.1, -0.05) is 48.0 Å². The van der Waals surface area contributed by atoms with E-state index in [0.29, 0.717) is 6.54 Å². The highest BCUT2D eigenvalue weighted by molar-refractivity contribution is 6.30. The van der Waals surface area contributed by atoms with E-state index >= 15 is 0 Å². The lowest BCUT2D eigenvalue weighted by Gasteiger charge is -2.36. The number of amides is 1. The molecule has 132 valence electrons. The molecule has 4 nitrogen and oxygen atoms in total. The lowest BCUT2D eigenvalue weighted by Crippen LogP contribution is -2.51. The molecule has 1 unspecified atom stereocenters. The number of halogens is 1. The molecular weight excluding hydrogens is 334 g/mol. The van der Waals surface area contributed by atoms with Crippen molar-refractivity contribution in [3.63, 3.8) is 0 Å². The molecule has 0 bridgehead atoms. The Hall–Kier alpha value is -2.04. The second kappa shape index (κ2) is 8.37. The van der Waals surface area contributed by atoms with E-state index in [1.54, 1.807) is 0 Å². The van der Waals surface area contributed by atoms with Crippen LogP contribution >= 0.6 is 11.6 Å². The topological polar surface area (TPSA) is 35.6 Å².